The van der Waals surface area contributed by atoms with Crippen molar-refractivity contribution in [1.82, 2.24) is 4.90 Å². The van der Waals surface area contributed by atoms with Crippen molar-refractivity contribution in [3.8, 4) is 5.75 Å². The fraction of sp³-hybridized carbons (Fsp3) is 0.455. The Labute approximate surface area is 151 Å². The lowest BCUT2D eigenvalue weighted by atomic mass is 9.98. The van der Waals surface area contributed by atoms with E-state index in [2.05, 4.69) is 55.1 Å². The molecule has 1 aliphatic heterocycles. The summed E-state index contributed by atoms with van der Waals surface area (Å²) in [5.41, 5.74) is 4.04. The van der Waals surface area contributed by atoms with Crippen molar-refractivity contribution in [2.24, 2.45) is 0 Å². The first-order valence-corrected chi connectivity index (χ1v) is 9.36. The van der Waals surface area contributed by atoms with Crippen LogP contribution in [-0.4, -0.2) is 35.8 Å². The molecule has 134 valence electrons. The quantitative estimate of drug-likeness (QED) is 0.828. The molecular weight excluding hydrogens is 310 g/mol. The molecule has 3 nitrogen and oxygen atoms in total. The van der Waals surface area contributed by atoms with Crippen LogP contribution in [0.3, 0.4) is 0 Å². The fourth-order valence-corrected chi connectivity index (χ4v) is 3.49. The number of ether oxygens (including phenoxy) is 1. The van der Waals surface area contributed by atoms with Gasteiger partial charge < -0.3 is 9.84 Å². The number of benzene rings is 2. The van der Waals surface area contributed by atoms with Gasteiger partial charge in [-0.05, 0) is 41.5 Å². The number of para-hydroxylation sites is 1. The van der Waals surface area contributed by atoms with Crippen LogP contribution in [0.1, 0.15) is 42.9 Å². The van der Waals surface area contributed by atoms with Gasteiger partial charge in [0.1, 0.15) is 18.5 Å². The van der Waals surface area contributed by atoms with Crippen molar-refractivity contribution in [1.29, 1.82) is 0 Å². The molecule has 0 aromatic heterocycles. The van der Waals surface area contributed by atoms with Crippen molar-refractivity contribution in [2.75, 3.05) is 19.7 Å². The van der Waals surface area contributed by atoms with E-state index >= 15 is 0 Å². The zero-order valence-corrected chi connectivity index (χ0v) is 15.3. The summed E-state index contributed by atoms with van der Waals surface area (Å²) in [4.78, 5) is 2.32. The van der Waals surface area contributed by atoms with E-state index in [-0.39, 0.29) is 0 Å². The van der Waals surface area contributed by atoms with Crippen LogP contribution < -0.4 is 4.74 Å². The van der Waals surface area contributed by atoms with Crippen molar-refractivity contribution in [2.45, 2.75) is 45.3 Å². The summed E-state index contributed by atoms with van der Waals surface area (Å²) >= 11 is 0. The van der Waals surface area contributed by atoms with Crippen molar-refractivity contribution >= 4 is 0 Å². The van der Waals surface area contributed by atoms with E-state index in [0.717, 1.165) is 31.7 Å². The molecule has 3 heteroatoms. The Morgan fingerprint density at radius 3 is 2.60 bits per heavy atom. The topological polar surface area (TPSA) is 32.7 Å². The number of hydrogen-bond donors (Lipinski definition) is 1. The molecule has 0 spiro atoms. The Balaban J connectivity index is 1.53. The van der Waals surface area contributed by atoms with Crippen LogP contribution in [-0.2, 0) is 13.0 Å². The first-order chi connectivity index (χ1) is 12.2. The van der Waals surface area contributed by atoms with Crippen LogP contribution in [0.25, 0.3) is 0 Å². The van der Waals surface area contributed by atoms with Crippen molar-refractivity contribution < 1.29 is 9.84 Å². The lowest BCUT2D eigenvalue weighted by molar-refractivity contribution is 0.0633. The van der Waals surface area contributed by atoms with Gasteiger partial charge in [-0.15, -0.1) is 0 Å². The van der Waals surface area contributed by atoms with Crippen molar-refractivity contribution in [3.05, 3.63) is 65.2 Å². The molecule has 0 amide bonds. The van der Waals surface area contributed by atoms with Crippen LogP contribution >= 0.6 is 0 Å². The summed E-state index contributed by atoms with van der Waals surface area (Å²) in [7, 11) is 0. The second kappa shape index (κ2) is 8.50. The van der Waals surface area contributed by atoms with Gasteiger partial charge in [-0.3, -0.25) is 4.90 Å². The molecule has 2 atom stereocenters. The Bertz CT molecular complexity index is 685. The molecule has 3 rings (SSSR count). The predicted molar refractivity (Wildman–Crippen MR) is 102 cm³/mol. The minimum atomic E-state index is -0.477. The Hall–Kier alpha value is -1.84. The van der Waals surface area contributed by atoms with Crippen LogP contribution in [0, 0.1) is 0 Å². The Kier molecular flexibility index (Phi) is 6.11. The monoisotopic (exact) mass is 339 g/mol. The van der Waals surface area contributed by atoms with E-state index in [1.54, 1.807) is 0 Å². The standard InChI is InChI=1S/C22H29NO2/c1-3-17(2)21-10-6-7-11-22(21)25-16-20(24)15-23-13-12-18-8-4-5-9-19(18)14-23/h4-11,17,20,24H,3,12-16H2,1-2H3. The van der Waals surface area contributed by atoms with Crippen LogP contribution in [0.2, 0.25) is 0 Å². The normalized spacial score (nSPS) is 16.9. The average molecular weight is 339 g/mol. The molecule has 0 saturated carbocycles. The lowest BCUT2D eigenvalue weighted by Gasteiger charge is -2.30. The highest BCUT2D eigenvalue weighted by Gasteiger charge is 2.19. The number of hydrogen-bond acceptors (Lipinski definition) is 3. The molecule has 25 heavy (non-hydrogen) atoms. The van der Waals surface area contributed by atoms with E-state index in [9.17, 15) is 5.11 Å². The maximum absolute atomic E-state index is 10.4. The molecule has 1 N–H and O–H groups in total. The second-order valence-corrected chi connectivity index (χ2v) is 7.07. The maximum atomic E-state index is 10.4. The third-order valence-corrected chi connectivity index (χ3v) is 5.17. The minimum absolute atomic E-state index is 0.339. The zero-order chi connectivity index (χ0) is 17.6. The van der Waals surface area contributed by atoms with Crippen LogP contribution in [0.4, 0.5) is 0 Å². The van der Waals surface area contributed by atoms with Gasteiger partial charge in [0.2, 0.25) is 0 Å². The van der Waals surface area contributed by atoms with Gasteiger partial charge in [0.05, 0.1) is 0 Å². The zero-order valence-electron chi connectivity index (χ0n) is 15.3. The van der Waals surface area contributed by atoms with Gasteiger partial charge >= 0.3 is 0 Å². The van der Waals surface area contributed by atoms with Gasteiger partial charge in [-0.2, -0.15) is 0 Å². The molecule has 1 aliphatic rings. The molecular formula is C22H29NO2. The Morgan fingerprint density at radius 2 is 1.80 bits per heavy atom. The molecule has 0 radical (unpaired) electrons. The molecule has 1 heterocycles. The largest absolute Gasteiger partial charge is 0.491 e. The predicted octanol–water partition coefficient (Wildman–Crippen LogP) is 4.00. The number of aliphatic hydroxyl groups is 1. The summed E-state index contributed by atoms with van der Waals surface area (Å²) < 4.78 is 5.96. The first-order valence-electron chi connectivity index (χ1n) is 9.36. The first kappa shape index (κ1) is 18.0. The molecule has 0 bridgehead atoms. The highest BCUT2D eigenvalue weighted by Crippen LogP contribution is 2.28. The summed E-state index contributed by atoms with van der Waals surface area (Å²) in [5.74, 6) is 1.37. The fourth-order valence-electron chi connectivity index (χ4n) is 3.49. The Morgan fingerprint density at radius 1 is 1.08 bits per heavy atom. The highest BCUT2D eigenvalue weighted by atomic mass is 16.5. The van der Waals surface area contributed by atoms with E-state index in [1.165, 1.54) is 16.7 Å². The SMILES string of the molecule is CCC(C)c1ccccc1OCC(O)CN1CCc2ccccc2C1. The van der Waals surface area contributed by atoms with E-state index < -0.39 is 6.10 Å². The maximum Gasteiger partial charge on any atom is 0.122 e. The number of rotatable bonds is 7. The van der Waals surface area contributed by atoms with Crippen molar-refractivity contribution in [3.63, 3.8) is 0 Å². The number of nitrogens with zero attached hydrogens (tertiary/aromatic N) is 1. The molecule has 2 aromatic carbocycles. The lowest BCUT2D eigenvalue weighted by Crippen LogP contribution is -2.38. The average Bonchev–Trinajstić information content (AvgIpc) is 2.66. The molecule has 2 unspecified atom stereocenters. The van der Waals surface area contributed by atoms with Crippen LogP contribution in [0.15, 0.2) is 48.5 Å². The molecule has 0 aliphatic carbocycles. The summed E-state index contributed by atoms with van der Waals surface area (Å²) in [6.45, 7) is 7.30. The van der Waals surface area contributed by atoms with Crippen LogP contribution in [0.5, 0.6) is 5.75 Å². The van der Waals surface area contributed by atoms with E-state index in [1.807, 2.05) is 12.1 Å². The minimum Gasteiger partial charge on any atom is -0.491 e. The number of aliphatic hydroxyl groups excluding tert-OH is 1. The van der Waals surface area contributed by atoms with E-state index in [4.69, 9.17) is 4.74 Å². The van der Waals surface area contributed by atoms with Gasteiger partial charge in [-0.1, -0.05) is 56.3 Å². The second-order valence-electron chi connectivity index (χ2n) is 7.07. The van der Waals surface area contributed by atoms with Gasteiger partial charge in [0, 0.05) is 19.6 Å². The van der Waals surface area contributed by atoms with Gasteiger partial charge in [0.25, 0.3) is 0 Å². The van der Waals surface area contributed by atoms with Gasteiger partial charge in [0.15, 0.2) is 0 Å². The molecule has 2 aromatic rings. The summed E-state index contributed by atoms with van der Waals surface area (Å²) in [6.07, 6.45) is 1.66. The summed E-state index contributed by atoms with van der Waals surface area (Å²) in [5, 5.41) is 10.4. The third-order valence-electron chi connectivity index (χ3n) is 5.17. The number of fused-ring (bicyclic) bond motifs is 1. The number of β-amino-alcohol motifs (C(OH)–C–C–N with tert-alkyl or cyclic N) is 1. The van der Waals surface area contributed by atoms with Gasteiger partial charge in [-0.25, -0.2) is 0 Å². The highest BCUT2D eigenvalue weighted by molar-refractivity contribution is 5.36. The summed E-state index contributed by atoms with van der Waals surface area (Å²) in [6, 6.07) is 16.8. The third kappa shape index (κ3) is 4.62. The van der Waals surface area contributed by atoms with E-state index in [0.29, 0.717) is 19.1 Å². The smallest absolute Gasteiger partial charge is 0.122 e. The molecule has 0 fully saturated rings. The molecule has 0 saturated heterocycles.